The van der Waals surface area contributed by atoms with Crippen molar-refractivity contribution in [1.82, 2.24) is 14.8 Å². The summed E-state index contributed by atoms with van der Waals surface area (Å²) in [5, 5.41) is 9.01. The van der Waals surface area contributed by atoms with E-state index in [-0.39, 0.29) is 11.3 Å². The molecule has 96 valence electrons. The standard InChI is InChI=1S/C12H15BrN4S/c1-8(14)11(9-4-3-5-10(13)6-9)18-12-16-15-7-17(12)2/h3-8,11H,14H2,1-2H3. The number of aromatic nitrogens is 3. The molecule has 1 aromatic heterocycles. The zero-order valence-corrected chi connectivity index (χ0v) is 12.6. The van der Waals surface area contributed by atoms with E-state index in [1.54, 1.807) is 18.1 Å². The van der Waals surface area contributed by atoms with Gasteiger partial charge in [0.15, 0.2) is 5.16 Å². The molecule has 0 radical (unpaired) electrons. The first kappa shape index (κ1) is 13.6. The topological polar surface area (TPSA) is 56.7 Å². The molecule has 0 spiro atoms. The lowest BCUT2D eigenvalue weighted by Gasteiger charge is -2.20. The molecule has 2 rings (SSSR count). The first-order valence-electron chi connectivity index (χ1n) is 5.59. The predicted octanol–water partition coefficient (Wildman–Crippen LogP) is 2.76. The van der Waals surface area contributed by atoms with Crippen LogP contribution in [0.5, 0.6) is 0 Å². The largest absolute Gasteiger partial charge is 0.327 e. The molecule has 6 heteroatoms. The first-order chi connectivity index (χ1) is 8.58. The highest BCUT2D eigenvalue weighted by Gasteiger charge is 2.20. The summed E-state index contributed by atoms with van der Waals surface area (Å²) in [6.45, 7) is 2.01. The van der Waals surface area contributed by atoms with Gasteiger partial charge in [-0.1, -0.05) is 39.8 Å². The van der Waals surface area contributed by atoms with Crippen molar-refractivity contribution in [2.24, 2.45) is 12.8 Å². The summed E-state index contributed by atoms with van der Waals surface area (Å²) in [6, 6.07) is 8.24. The van der Waals surface area contributed by atoms with Crippen LogP contribution in [0.4, 0.5) is 0 Å². The minimum atomic E-state index is 0.0287. The molecular weight excluding hydrogens is 312 g/mol. The van der Waals surface area contributed by atoms with Crippen LogP contribution in [0.3, 0.4) is 0 Å². The van der Waals surface area contributed by atoms with Gasteiger partial charge in [0, 0.05) is 17.6 Å². The third-order valence-electron chi connectivity index (χ3n) is 2.56. The lowest BCUT2D eigenvalue weighted by atomic mass is 10.1. The number of thioether (sulfide) groups is 1. The number of rotatable bonds is 4. The van der Waals surface area contributed by atoms with E-state index in [0.29, 0.717) is 0 Å². The zero-order valence-electron chi connectivity index (χ0n) is 10.2. The highest BCUT2D eigenvalue weighted by atomic mass is 79.9. The summed E-state index contributed by atoms with van der Waals surface area (Å²) in [6.07, 6.45) is 1.70. The van der Waals surface area contributed by atoms with Crippen molar-refractivity contribution < 1.29 is 0 Å². The molecule has 0 aliphatic heterocycles. The van der Waals surface area contributed by atoms with Crippen LogP contribution < -0.4 is 5.73 Å². The Morgan fingerprint density at radius 1 is 1.44 bits per heavy atom. The van der Waals surface area contributed by atoms with Gasteiger partial charge in [-0.15, -0.1) is 10.2 Å². The molecule has 0 bridgehead atoms. The van der Waals surface area contributed by atoms with Crippen LogP contribution in [0, 0.1) is 0 Å². The predicted molar refractivity (Wildman–Crippen MR) is 77.4 cm³/mol. The monoisotopic (exact) mass is 326 g/mol. The molecule has 0 fully saturated rings. The number of aryl methyl sites for hydroxylation is 1. The van der Waals surface area contributed by atoms with Gasteiger partial charge in [0.2, 0.25) is 0 Å². The van der Waals surface area contributed by atoms with Crippen LogP contribution in [0.2, 0.25) is 0 Å². The maximum Gasteiger partial charge on any atom is 0.191 e. The second kappa shape index (κ2) is 5.86. The number of benzene rings is 1. The van der Waals surface area contributed by atoms with Crippen molar-refractivity contribution >= 4 is 27.7 Å². The average molecular weight is 327 g/mol. The fourth-order valence-electron chi connectivity index (χ4n) is 1.66. The molecule has 2 atom stereocenters. The minimum absolute atomic E-state index is 0.0287. The molecule has 2 N–H and O–H groups in total. The quantitative estimate of drug-likeness (QED) is 0.878. The van der Waals surface area contributed by atoms with Gasteiger partial charge in [0.05, 0.1) is 5.25 Å². The van der Waals surface area contributed by atoms with Gasteiger partial charge in [-0.25, -0.2) is 0 Å². The first-order valence-corrected chi connectivity index (χ1v) is 7.27. The van der Waals surface area contributed by atoms with Crippen molar-refractivity contribution in [2.45, 2.75) is 23.4 Å². The Kier molecular flexibility index (Phi) is 4.42. The molecule has 0 aliphatic rings. The van der Waals surface area contributed by atoms with Gasteiger partial charge in [-0.05, 0) is 24.6 Å². The molecule has 0 aliphatic carbocycles. The molecule has 1 heterocycles. The SMILES string of the molecule is CC(N)C(Sc1nncn1C)c1cccc(Br)c1. The minimum Gasteiger partial charge on any atom is -0.327 e. The van der Waals surface area contributed by atoms with E-state index >= 15 is 0 Å². The summed E-state index contributed by atoms with van der Waals surface area (Å²) >= 11 is 5.12. The van der Waals surface area contributed by atoms with E-state index in [4.69, 9.17) is 5.73 Å². The molecule has 4 nitrogen and oxygen atoms in total. The van der Waals surface area contributed by atoms with Gasteiger partial charge in [0.25, 0.3) is 0 Å². The third kappa shape index (κ3) is 3.13. The number of nitrogens with zero attached hydrogens (tertiary/aromatic N) is 3. The van der Waals surface area contributed by atoms with E-state index in [1.807, 2.05) is 30.7 Å². The smallest absolute Gasteiger partial charge is 0.191 e. The summed E-state index contributed by atoms with van der Waals surface area (Å²) < 4.78 is 2.96. The summed E-state index contributed by atoms with van der Waals surface area (Å²) in [4.78, 5) is 0. The van der Waals surface area contributed by atoms with E-state index < -0.39 is 0 Å². The fraction of sp³-hybridized carbons (Fsp3) is 0.333. The van der Waals surface area contributed by atoms with E-state index in [1.165, 1.54) is 5.56 Å². The van der Waals surface area contributed by atoms with Crippen LogP contribution in [-0.4, -0.2) is 20.8 Å². The number of nitrogens with two attached hydrogens (primary N) is 1. The summed E-state index contributed by atoms with van der Waals surface area (Å²) in [5.41, 5.74) is 7.28. The van der Waals surface area contributed by atoms with Crippen LogP contribution in [0.1, 0.15) is 17.7 Å². The van der Waals surface area contributed by atoms with E-state index in [9.17, 15) is 0 Å². The molecule has 0 saturated heterocycles. The Morgan fingerprint density at radius 3 is 2.78 bits per heavy atom. The van der Waals surface area contributed by atoms with Crippen molar-refractivity contribution in [2.75, 3.05) is 0 Å². The zero-order chi connectivity index (χ0) is 13.1. The van der Waals surface area contributed by atoms with Crippen LogP contribution in [-0.2, 0) is 7.05 Å². The van der Waals surface area contributed by atoms with Gasteiger partial charge >= 0.3 is 0 Å². The average Bonchev–Trinajstić information content (AvgIpc) is 2.71. The lowest BCUT2D eigenvalue weighted by Crippen LogP contribution is -2.22. The lowest BCUT2D eigenvalue weighted by molar-refractivity contribution is 0.709. The Labute approximate surface area is 119 Å². The Hall–Kier alpha value is -0.850. The van der Waals surface area contributed by atoms with Crippen LogP contribution >= 0.6 is 27.7 Å². The molecule has 0 amide bonds. The third-order valence-corrected chi connectivity index (χ3v) is 4.59. The normalized spacial score (nSPS) is 14.4. The van der Waals surface area contributed by atoms with E-state index in [0.717, 1.165) is 9.63 Å². The Balaban J connectivity index is 2.27. The van der Waals surface area contributed by atoms with Crippen molar-refractivity contribution in [3.05, 3.63) is 40.6 Å². The number of hydrogen-bond acceptors (Lipinski definition) is 4. The van der Waals surface area contributed by atoms with Gasteiger partial charge in [-0.2, -0.15) is 0 Å². The number of halogens is 1. The molecule has 0 saturated carbocycles. The molecule has 1 aromatic carbocycles. The summed E-state index contributed by atoms with van der Waals surface area (Å²) in [7, 11) is 1.93. The second-order valence-corrected chi connectivity index (χ2v) is 6.20. The van der Waals surface area contributed by atoms with Crippen molar-refractivity contribution in [3.63, 3.8) is 0 Å². The highest BCUT2D eigenvalue weighted by molar-refractivity contribution is 9.10. The van der Waals surface area contributed by atoms with Crippen LogP contribution in [0.15, 0.2) is 40.2 Å². The summed E-state index contributed by atoms with van der Waals surface area (Å²) in [5.74, 6) is 0. The second-order valence-electron chi connectivity index (χ2n) is 4.18. The Bertz CT molecular complexity index is 526. The van der Waals surface area contributed by atoms with Gasteiger partial charge in [-0.3, -0.25) is 0 Å². The fourth-order valence-corrected chi connectivity index (χ4v) is 3.10. The van der Waals surface area contributed by atoms with E-state index in [2.05, 4.69) is 38.3 Å². The van der Waals surface area contributed by atoms with Gasteiger partial charge < -0.3 is 10.3 Å². The Morgan fingerprint density at radius 2 is 2.22 bits per heavy atom. The maximum absolute atomic E-state index is 6.09. The number of hydrogen-bond donors (Lipinski definition) is 1. The molecule has 18 heavy (non-hydrogen) atoms. The molecular formula is C12H15BrN4S. The molecule has 2 unspecified atom stereocenters. The van der Waals surface area contributed by atoms with Gasteiger partial charge in [0.1, 0.15) is 6.33 Å². The molecule has 2 aromatic rings. The van der Waals surface area contributed by atoms with Crippen molar-refractivity contribution in [1.29, 1.82) is 0 Å². The highest BCUT2D eigenvalue weighted by Crippen LogP contribution is 2.36. The maximum atomic E-state index is 6.09. The van der Waals surface area contributed by atoms with Crippen molar-refractivity contribution in [3.8, 4) is 0 Å². The van der Waals surface area contributed by atoms with Crippen LogP contribution in [0.25, 0.3) is 0 Å².